The van der Waals surface area contributed by atoms with E-state index in [2.05, 4.69) is 9.97 Å². The molecule has 0 aliphatic heterocycles. The van der Waals surface area contributed by atoms with Crippen molar-refractivity contribution < 1.29 is 4.74 Å². The van der Waals surface area contributed by atoms with E-state index >= 15 is 0 Å². The molecule has 0 saturated heterocycles. The standard InChI is InChI=1S/C19H19Cl2N3O2/c1-4-13(10-26-3)24-16-7-8-22-17(18(16)23-11(2)19(24)25)14-6-5-12(20)9-15(14)21/h5-9,13H,4,10H2,1-3H3/t13-/m0/s1. The number of hydrogen-bond acceptors (Lipinski definition) is 4. The third-order valence-electron chi connectivity index (χ3n) is 4.35. The number of aryl methyl sites for hydroxylation is 1. The fourth-order valence-corrected chi connectivity index (χ4v) is 3.55. The van der Waals surface area contributed by atoms with Gasteiger partial charge in [-0.25, -0.2) is 4.98 Å². The number of fused-ring (bicyclic) bond motifs is 1. The highest BCUT2D eigenvalue weighted by Crippen LogP contribution is 2.33. The molecule has 0 bridgehead atoms. The van der Waals surface area contributed by atoms with Crippen LogP contribution in [0.2, 0.25) is 10.0 Å². The molecule has 1 aromatic carbocycles. The zero-order valence-corrected chi connectivity index (χ0v) is 16.3. The van der Waals surface area contributed by atoms with E-state index in [9.17, 15) is 4.79 Å². The van der Waals surface area contributed by atoms with Gasteiger partial charge in [-0.2, -0.15) is 0 Å². The maximum Gasteiger partial charge on any atom is 0.272 e. The molecule has 2 aromatic heterocycles. The van der Waals surface area contributed by atoms with Crippen molar-refractivity contribution in [2.24, 2.45) is 0 Å². The van der Waals surface area contributed by atoms with Crippen LogP contribution in [0.5, 0.6) is 0 Å². The summed E-state index contributed by atoms with van der Waals surface area (Å²) in [5, 5.41) is 1.03. The van der Waals surface area contributed by atoms with Crippen molar-refractivity contribution in [1.29, 1.82) is 0 Å². The van der Waals surface area contributed by atoms with Gasteiger partial charge in [-0.1, -0.05) is 30.1 Å². The first kappa shape index (κ1) is 18.8. The molecule has 1 atom stereocenters. The molecule has 0 saturated carbocycles. The summed E-state index contributed by atoms with van der Waals surface area (Å²) >= 11 is 12.4. The van der Waals surface area contributed by atoms with Crippen molar-refractivity contribution in [3.05, 3.63) is 56.6 Å². The van der Waals surface area contributed by atoms with Crippen LogP contribution < -0.4 is 5.56 Å². The first-order valence-electron chi connectivity index (χ1n) is 8.30. The Hall–Kier alpha value is -1.95. The van der Waals surface area contributed by atoms with Gasteiger partial charge >= 0.3 is 0 Å². The average Bonchev–Trinajstić information content (AvgIpc) is 2.61. The Morgan fingerprint density at radius 3 is 2.69 bits per heavy atom. The number of nitrogens with zero attached hydrogens (tertiary/aromatic N) is 3. The van der Waals surface area contributed by atoms with E-state index < -0.39 is 0 Å². The molecule has 3 aromatic rings. The molecule has 0 aliphatic carbocycles. The van der Waals surface area contributed by atoms with Crippen LogP contribution in [0.4, 0.5) is 0 Å². The largest absolute Gasteiger partial charge is 0.383 e. The molecule has 136 valence electrons. The molecule has 0 fully saturated rings. The number of benzene rings is 1. The Morgan fingerprint density at radius 1 is 1.27 bits per heavy atom. The van der Waals surface area contributed by atoms with E-state index in [1.807, 2.05) is 13.0 Å². The van der Waals surface area contributed by atoms with Crippen LogP contribution in [-0.2, 0) is 4.74 Å². The average molecular weight is 392 g/mol. The van der Waals surface area contributed by atoms with Crippen molar-refractivity contribution in [2.75, 3.05) is 13.7 Å². The van der Waals surface area contributed by atoms with Crippen LogP contribution in [0.3, 0.4) is 0 Å². The van der Waals surface area contributed by atoms with E-state index in [1.54, 1.807) is 43.0 Å². The third kappa shape index (κ3) is 3.34. The Bertz CT molecular complexity index is 1020. The molecule has 2 heterocycles. The van der Waals surface area contributed by atoms with Crippen molar-refractivity contribution in [1.82, 2.24) is 14.5 Å². The van der Waals surface area contributed by atoms with E-state index in [1.165, 1.54) is 0 Å². The maximum atomic E-state index is 12.8. The van der Waals surface area contributed by atoms with Gasteiger partial charge in [-0.15, -0.1) is 0 Å². The van der Waals surface area contributed by atoms with Gasteiger partial charge in [0.25, 0.3) is 5.56 Å². The van der Waals surface area contributed by atoms with Gasteiger partial charge in [0, 0.05) is 23.9 Å². The van der Waals surface area contributed by atoms with Gasteiger partial charge in [0.15, 0.2) is 0 Å². The lowest BCUT2D eigenvalue weighted by Crippen LogP contribution is -2.30. The second kappa shape index (κ2) is 7.74. The van der Waals surface area contributed by atoms with Crippen molar-refractivity contribution in [2.45, 2.75) is 26.3 Å². The second-order valence-electron chi connectivity index (χ2n) is 6.04. The van der Waals surface area contributed by atoms with Gasteiger partial charge in [0.2, 0.25) is 0 Å². The summed E-state index contributed by atoms with van der Waals surface area (Å²) in [7, 11) is 1.63. The molecular weight excluding hydrogens is 373 g/mol. The first-order valence-corrected chi connectivity index (χ1v) is 9.05. The molecule has 0 amide bonds. The van der Waals surface area contributed by atoms with Gasteiger partial charge < -0.3 is 4.74 Å². The Balaban J connectivity index is 2.35. The van der Waals surface area contributed by atoms with Crippen LogP contribution in [-0.4, -0.2) is 28.3 Å². The highest BCUT2D eigenvalue weighted by atomic mass is 35.5. The zero-order valence-electron chi connectivity index (χ0n) is 14.8. The number of hydrogen-bond donors (Lipinski definition) is 0. The number of ether oxygens (including phenoxy) is 1. The summed E-state index contributed by atoms with van der Waals surface area (Å²) in [6, 6.07) is 6.95. The summed E-state index contributed by atoms with van der Waals surface area (Å²) in [5.74, 6) is 0. The molecule has 26 heavy (non-hydrogen) atoms. The van der Waals surface area contributed by atoms with Crippen LogP contribution >= 0.6 is 23.2 Å². The van der Waals surface area contributed by atoms with Crippen LogP contribution in [0, 0.1) is 6.92 Å². The monoisotopic (exact) mass is 391 g/mol. The van der Waals surface area contributed by atoms with E-state index in [-0.39, 0.29) is 11.6 Å². The lowest BCUT2D eigenvalue weighted by molar-refractivity contribution is 0.153. The van der Waals surface area contributed by atoms with E-state index in [0.29, 0.717) is 39.1 Å². The van der Waals surface area contributed by atoms with Crippen molar-refractivity contribution >= 4 is 34.2 Å². The van der Waals surface area contributed by atoms with Crippen LogP contribution in [0.15, 0.2) is 35.3 Å². The normalized spacial score (nSPS) is 12.5. The topological polar surface area (TPSA) is 57.0 Å². The Labute approximate surface area is 161 Å². The molecule has 7 heteroatoms. The molecule has 0 aliphatic rings. The number of pyridine rings is 1. The predicted octanol–water partition coefficient (Wildman–Crippen LogP) is 4.67. The van der Waals surface area contributed by atoms with Gasteiger partial charge in [0.1, 0.15) is 11.2 Å². The van der Waals surface area contributed by atoms with Crippen LogP contribution in [0.25, 0.3) is 22.3 Å². The molecular formula is C19H19Cl2N3O2. The van der Waals surface area contributed by atoms with Gasteiger partial charge in [-0.05, 0) is 37.6 Å². The van der Waals surface area contributed by atoms with E-state index in [4.69, 9.17) is 27.9 Å². The molecule has 0 radical (unpaired) electrons. The van der Waals surface area contributed by atoms with Crippen molar-refractivity contribution in [3.8, 4) is 11.3 Å². The highest BCUT2D eigenvalue weighted by Gasteiger charge is 2.19. The molecule has 0 spiro atoms. The minimum Gasteiger partial charge on any atom is -0.383 e. The SMILES string of the molecule is CC[C@@H](COC)n1c(=O)c(C)nc2c(-c3ccc(Cl)cc3Cl)nccc21. The molecule has 5 nitrogen and oxygen atoms in total. The summed E-state index contributed by atoms with van der Waals surface area (Å²) in [4.78, 5) is 21.8. The zero-order chi connectivity index (χ0) is 18.8. The summed E-state index contributed by atoms with van der Waals surface area (Å²) in [6.45, 7) is 4.17. The number of halogens is 2. The van der Waals surface area contributed by atoms with Gasteiger partial charge in [0.05, 0.1) is 28.9 Å². The predicted molar refractivity (Wildman–Crippen MR) is 105 cm³/mol. The quantitative estimate of drug-likeness (QED) is 0.633. The minimum atomic E-state index is -0.124. The highest BCUT2D eigenvalue weighted by molar-refractivity contribution is 6.36. The van der Waals surface area contributed by atoms with E-state index in [0.717, 1.165) is 12.0 Å². The number of rotatable bonds is 5. The lowest BCUT2D eigenvalue weighted by atomic mass is 10.1. The molecule has 0 N–H and O–H groups in total. The summed E-state index contributed by atoms with van der Waals surface area (Å²) < 4.78 is 7.05. The Morgan fingerprint density at radius 2 is 2.04 bits per heavy atom. The second-order valence-corrected chi connectivity index (χ2v) is 6.88. The first-order chi connectivity index (χ1) is 12.5. The molecule has 3 rings (SSSR count). The lowest BCUT2D eigenvalue weighted by Gasteiger charge is -2.21. The van der Waals surface area contributed by atoms with Crippen molar-refractivity contribution in [3.63, 3.8) is 0 Å². The number of aromatic nitrogens is 3. The number of methoxy groups -OCH3 is 1. The fraction of sp³-hybridized carbons (Fsp3) is 0.316. The smallest absolute Gasteiger partial charge is 0.272 e. The Kier molecular flexibility index (Phi) is 5.61. The van der Waals surface area contributed by atoms with Crippen LogP contribution in [0.1, 0.15) is 25.1 Å². The third-order valence-corrected chi connectivity index (χ3v) is 4.90. The summed E-state index contributed by atoms with van der Waals surface area (Å²) in [5.41, 5.74) is 2.96. The van der Waals surface area contributed by atoms with Gasteiger partial charge in [-0.3, -0.25) is 14.3 Å². The minimum absolute atomic E-state index is 0.0901. The summed E-state index contributed by atoms with van der Waals surface area (Å²) in [6.07, 6.45) is 2.42. The maximum absolute atomic E-state index is 12.8. The molecule has 0 unspecified atom stereocenters. The fourth-order valence-electron chi connectivity index (χ4n) is 3.06.